The normalized spacial score (nSPS) is 22.2. The lowest BCUT2D eigenvalue weighted by Crippen LogP contribution is -2.43. The van der Waals surface area contributed by atoms with E-state index in [2.05, 4.69) is 29.4 Å². The van der Waals surface area contributed by atoms with Gasteiger partial charge in [-0.25, -0.2) is 4.79 Å². The van der Waals surface area contributed by atoms with Crippen molar-refractivity contribution in [3.63, 3.8) is 0 Å². The molecule has 130 valence electrons. The number of hydrogen-bond acceptors (Lipinski definition) is 5. The van der Waals surface area contributed by atoms with Crippen LogP contribution in [0.5, 0.6) is 0 Å². The summed E-state index contributed by atoms with van der Waals surface area (Å²) in [5, 5.41) is 11.3. The van der Waals surface area contributed by atoms with Gasteiger partial charge >= 0.3 is 6.09 Å². The van der Waals surface area contributed by atoms with Crippen molar-refractivity contribution in [3.8, 4) is 0 Å². The lowest BCUT2D eigenvalue weighted by atomic mass is 9.84. The zero-order valence-electron chi connectivity index (χ0n) is 14.9. The quantitative estimate of drug-likeness (QED) is 0.911. The number of alkyl carbamates (subject to hydrolysis) is 1. The van der Waals surface area contributed by atoms with Gasteiger partial charge in [0.2, 0.25) is 11.8 Å². The summed E-state index contributed by atoms with van der Waals surface area (Å²) in [5.74, 6) is 1.87. The number of amides is 1. The summed E-state index contributed by atoms with van der Waals surface area (Å²) in [5.41, 5.74) is -0.497. The molecule has 0 spiro atoms. The molecule has 23 heavy (non-hydrogen) atoms. The topological polar surface area (TPSA) is 77.2 Å². The van der Waals surface area contributed by atoms with Crippen LogP contribution in [-0.2, 0) is 11.2 Å². The van der Waals surface area contributed by atoms with Gasteiger partial charge in [0.25, 0.3) is 0 Å². The van der Waals surface area contributed by atoms with Crippen LogP contribution in [0.15, 0.2) is 4.42 Å². The highest BCUT2D eigenvalue weighted by Crippen LogP contribution is 2.32. The van der Waals surface area contributed by atoms with E-state index >= 15 is 0 Å². The largest absolute Gasteiger partial charge is 0.444 e. The van der Waals surface area contributed by atoms with E-state index in [0.717, 1.165) is 32.1 Å². The minimum Gasteiger partial charge on any atom is -0.444 e. The maximum atomic E-state index is 12.1. The molecule has 1 N–H and O–H groups in total. The van der Waals surface area contributed by atoms with E-state index < -0.39 is 5.60 Å². The smallest absolute Gasteiger partial charge is 0.407 e. The molecule has 1 aliphatic rings. The van der Waals surface area contributed by atoms with Crippen molar-refractivity contribution in [1.82, 2.24) is 15.5 Å². The molecule has 0 aromatic carbocycles. The molecule has 1 heterocycles. The first-order valence-corrected chi connectivity index (χ1v) is 8.56. The first kappa shape index (κ1) is 17.8. The maximum Gasteiger partial charge on any atom is 0.407 e. The second kappa shape index (κ2) is 7.32. The number of aromatic nitrogens is 2. The summed E-state index contributed by atoms with van der Waals surface area (Å²) < 4.78 is 11.2. The summed E-state index contributed by atoms with van der Waals surface area (Å²) in [4.78, 5) is 12.1. The van der Waals surface area contributed by atoms with E-state index in [0.29, 0.717) is 17.7 Å². The molecule has 0 aliphatic heterocycles. The Morgan fingerprint density at radius 1 is 1.30 bits per heavy atom. The molecule has 1 saturated carbocycles. The number of rotatable bonds is 4. The Morgan fingerprint density at radius 2 is 2.00 bits per heavy atom. The minimum atomic E-state index is -0.497. The number of carbonyl (C=O) groups excluding carboxylic acids is 1. The molecule has 2 unspecified atom stereocenters. The van der Waals surface area contributed by atoms with Crippen LogP contribution in [0.25, 0.3) is 0 Å². The number of nitrogens with zero attached hydrogens (tertiary/aromatic N) is 2. The van der Waals surface area contributed by atoms with E-state index in [9.17, 15) is 4.79 Å². The van der Waals surface area contributed by atoms with Crippen LogP contribution >= 0.6 is 0 Å². The lowest BCUT2D eigenvalue weighted by Gasteiger charge is -2.30. The van der Waals surface area contributed by atoms with E-state index in [1.54, 1.807) is 0 Å². The van der Waals surface area contributed by atoms with Crippen molar-refractivity contribution in [2.45, 2.75) is 84.3 Å². The summed E-state index contributed by atoms with van der Waals surface area (Å²) in [6.45, 7) is 9.83. The van der Waals surface area contributed by atoms with Gasteiger partial charge < -0.3 is 14.5 Å². The highest BCUT2D eigenvalue weighted by Gasteiger charge is 2.33. The molecule has 6 heteroatoms. The van der Waals surface area contributed by atoms with Crippen LogP contribution in [0.2, 0.25) is 0 Å². The van der Waals surface area contributed by atoms with Crippen molar-refractivity contribution in [3.05, 3.63) is 11.8 Å². The standard InChI is InChI=1S/C17H29N3O3/c1-11(2)10-14-19-20-15(22-14)12-8-6-7-9-13(12)18-16(21)23-17(3,4)5/h11-13H,6-10H2,1-5H3,(H,18,21). The SMILES string of the molecule is CC(C)Cc1nnc(C2CCCCC2NC(=O)OC(C)(C)C)o1. The number of ether oxygens (including phenoxy) is 1. The highest BCUT2D eigenvalue weighted by molar-refractivity contribution is 5.68. The fourth-order valence-corrected chi connectivity index (χ4v) is 2.91. The van der Waals surface area contributed by atoms with Gasteiger partial charge in [0.1, 0.15) is 5.60 Å². The van der Waals surface area contributed by atoms with Gasteiger partial charge in [0.05, 0.1) is 5.92 Å². The van der Waals surface area contributed by atoms with E-state index in [1.807, 2.05) is 20.8 Å². The molecule has 0 bridgehead atoms. The summed E-state index contributed by atoms with van der Waals surface area (Å²) in [7, 11) is 0. The molecular formula is C17H29N3O3. The van der Waals surface area contributed by atoms with Crippen LogP contribution in [0.3, 0.4) is 0 Å². The van der Waals surface area contributed by atoms with Crippen LogP contribution < -0.4 is 5.32 Å². The average molecular weight is 323 g/mol. The Hall–Kier alpha value is -1.59. The molecule has 1 aromatic rings. The van der Waals surface area contributed by atoms with Crippen molar-refractivity contribution in [2.24, 2.45) is 5.92 Å². The van der Waals surface area contributed by atoms with Crippen molar-refractivity contribution in [2.75, 3.05) is 0 Å². The Labute approximate surface area is 138 Å². The highest BCUT2D eigenvalue weighted by atomic mass is 16.6. The Kier molecular flexibility index (Phi) is 5.65. The molecule has 0 saturated heterocycles. The van der Waals surface area contributed by atoms with Gasteiger partial charge in [-0.3, -0.25) is 0 Å². The first-order valence-electron chi connectivity index (χ1n) is 8.56. The molecule has 1 aliphatic carbocycles. The first-order chi connectivity index (χ1) is 10.7. The monoisotopic (exact) mass is 323 g/mol. The number of nitrogens with one attached hydrogen (secondary N) is 1. The van der Waals surface area contributed by atoms with Crippen LogP contribution in [-0.4, -0.2) is 27.9 Å². The summed E-state index contributed by atoms with van der Waals surface area (Å²) >= 11 is 0. The van der Waals surface area contributed by atoms with Gasteiger partial charge in [-0.05, 0) is 39.5 Å². The van der Waals surface area contributed by atoms with E-state index in [-0.39, 0.29) is 18.1 Å². The number of hydrogen-bond donors (Lipinski definition) is 1. The third-order valence-corrected chi connectivity index (χ3v) is 3.85. The molecule has 1 aromatic heterocycles. The second-order valence-electron chi connectivity index (χ2n) is 7.78. The van der Waals surface area contributed by atoms with Gasteiger partial charge in [-0.1, -0.05) is 26.7 Å². The Bertz CT molecular complexity index is 519. The van der Waals surface area contributed by atoms with Crippen molar-refractivity contribution < 1.29 is 13.9 Å². The zero-order valence-corrected chi connectivity index (χ0v) is 14.9. The predicted octanol–water partition coefficient (Wildman–Crippen LogP) is 3.82. The fourth-order valence-electron chi connectivity index (χ4n) is 2.91. The average Bonchev–Trinajstić information content (AvgIpc) is 2.84. The Morgan fingerprint density at radius 3 is 2.65 bits per heavy atom. The fraction of sp³-hybridized carbons (Fsp3) is 0.824. The number of carbonyl (C=O) groups is 1. The van der Waals surface area contributed by atoms with Gasteiger partial charge in [-0.2, -0.15) is 0 Å². The van der Waals surface area contributed by atoms with Crippen LogP contribution in [0.4, 0.5) is 4.79 Å². The van der Waals surface area contributed by atoms with Gasteiger partial charge in [0.15, 0.2) is 0 Å². The zero-order chi connectivity index (χ0) is 17.0. The second-order valence-corrected chi connectivity index (χ2v) is 7.78. The minimum absolute atomic E-state index is 0.00838. The van der Waals surface area contributed by atoms with Gasteiger partial charge in [0, 0.05) is 12.5 Å². The predicted molar refractivity (Wildman–Crippen MR) is 87.2 cm³/mol. The van der Waals surface area contributed by atoms with Gasteiger partial charge in [-0.15, -0.1) is 10.2 Å². The molecule has 2 atom stereocenters. The van der Waals surface area contributed by atoms with Crippen LogP contribution in [0, 0.1) is 5.92 Å². The molecular weight excluding hydrogens is 294 g/mol. The molecule has 1 amide bonds. The lowest BCUT2D eigenvalue weighted by molar-refractivity contribution is 0.0481. The molecule has 1 fully saturated rings. The van der Waals surface area contributed by atoms with E-state index in [1.165, 1.54) is 0 Å². The third kappa shape index (κ3) is 5.52. The maximum absolute atomic E-state index is 12.1. The van der Waals surface area contributed by atoms with E-state index in [4.69, 9.17) is 9.15 Å². The summed E-state index contributed by atoms with van der Waals surface area (Å²) in [6, 6.07) is -0.00838. The van der Waals surface area contributed by atoms with Crippen molar-refractivity contribution in [1.29, 1.82) is 0 Å². The third-order valence-electron chi connectivity index (χ3n) is 3.85. The Balaban J connectivity index is 2.03. The van der Waals surface area contributed by atoms with Crippen LogP contribution in [0.1, 0.15) is 78.0 Å². The van der Waals surface area contributed by atoms with Crippen molar-refractivity contribution >= 4 is 6.09 Å². The molecule has 2 rings (SSSR count). The summed E-state index contributed by atoms with van der Waals surface area (Å²) in [6.07, 6.45) is 4.46. The molecule has 0 radical (unpaired) electrons. The molecule has 6 nitrogen and oxygen atoms in total.